The average Bonchev–Trinajstić information content (AvgIpc) is 3.30. The fourth-order valence-corrected chi connectivity index (χ4v) is 3.77. The predicted octanol–water partition coefficient (Wildman–Crippen LogP) is 2.90. The van der Waals surface area contributed by atoms with Crippen LogP contribution in [0, 0.1) is 6.92 Å². The Kier molecular flexibility index (Phi) is 5.59. The highest BCUT2D eigenvalue weighted by molar-refractivity contribution is 7.09. The largest absolute Gasteiger partial charge is 0.454 e. The summed E-state index contributed by atoms with van der Waals surface area (Å²) in [7, 11) is 0. The molecule has 1 aliphatic heterocycles. The maximum Gasteiger partial charge on any atom is 0.326 e. The number of amides is 3. The number of ether oxygens (including phenoxy) is 1. The molecule has 2 aromatic carbocycles. The molecule has 156 valence electrons. The van der Waals surface area contributed by atoms with Crippen molar-refractivity contribution >= 4 is 40.7 Å². The number of hydrogen-bond acceptors (Lipinski definition) is 7. The lowest BCUT2D eigenvalue weighted by Gasteiger charge is -2.13. The van der Waals surface area contributed by atoms with Crippen LogP contribution in [0.4, 0.5) is 5.69 Å². The van der Waals surface area contributed by atoms with Gasteiger partial charge in [-0.2, -0.15) is 0 Å². The number of nitrogens with zero attached hydrogens (tertiary/aromatic N) is 2. The maximum atomic E-state index is 12.3. The Hall–Kier alpha value is -3.85. The number of fused-ring (bicyclic) bond motifs is 1. The number of aromatic nitrogens is 1. The second-order valence-corrected chi connectivity index (χ2v) is 7.85. The van der Waals surface area contributed by atoms with Crippen LogP contribution >= 0.6 is 11.3 Å². The molecule has 0 saturated carbocycles. The van der Waals surface area contributed by atoms with Gasteiger partial charge >= 0.3 is 5.97 Å². The zero-order valence-electron chi connectivity index (χ0n) is 16.5. The number of nitrogens with one attached hydrogen (secondary N) is 1. The van der Waals surface area contributed by atoms with Crippen molar-refractivity contribution in [1.29, 1.82) is 0 Å². The zero-order chi connectivity index (χ0) is 22.0. The molecule has 0 unspecified atom stereocenters. The lowest BCUT2D eigenvalue weighted by Crippen LogP contribution is -2.36. The van der Waals surface area contributed by atoms with Gasteiger partial charge < -0.3 is 10.1 Å². The topological polar surface area (TPSA) is 106 Å². The highest BCUT2D eigenvalue weighted by Crippen LogP contribution is 2.24. The number of carbonyl (C=O) groups is 4. The standard InChI is InChI=1S/C22H17N3O5S/c1-13-23-18(12-31-13)14-5-4-6-15(9-14)24-19(26)11-30-20(27)10-25-21(28)16-7-2-3-8-17(16)22(25)29/h2-9,12H,10-11H2,1H3,(H,24,26). The molecule has 0 saturated heterocycles. The number of rotatable bonds is 6. The second kappa shape index (κ2) is 8.49. The zero-order valence-corrected chi connectivity index (χ0v) is 17.3. The van der Waals surface area contributed by atoms with Gasteiger partial charge in [0.1, 0.15) is 6.54 Å². The van der Waals surface area contributed by atoms with Crippen LogP contribution in [-0.2, 0) is 14.3 Å². The van der Waals surface area contributed by atoms with Gasteiger partial charge in [0.15, 0.2) is 6.61 Å². The first-order chi connectivity index (χ1) is 14.9. The third-order valence-corrected chi connectivity index (χ3v) is 5.36. The Morgan fingerprint density at radius 2 is 1.77 bits per heavy atom. The van der Waals surface area contributed by atoms with Gasteiger partial charge in [-0.25, -0.2) is 4.98 Å². The number of esters is 1. The molecule has 4 rings (SSSR count). The van der Waals surface area contributed by atoms with E-state index in [1.807, 2.05) is 18.4 Å². The van der Waals surface area contributed by atoms with Crippen molar-refractivity contribution in [1.82, 2.24) is 9.88 Å². The number of carbonyl (C=O) groups excluding carboxylic acids is 4. The van der Waals surface area contributed by atoms with Crippen LogP contribution in [0.2, 0.25) is 0 Å². The summed E-state index contributed by atoms with van der Waals surface area (Å²) in [4.78, 5) is 54.0. The predicted molar refractivity (Wildman–Crippen MR) is 114 cm³/mol. The summed E-state index contributed by atoms with van der Waals surface area (Å²) in [6.07, 6.45) is 0. The molecule has 3 aromatic rings. The van der Waals surface area contributed by atoms with Gasteiger partial charge in [0.2, 0.25) is 0 Å². The number of benzene rings is 2. The highest BCUT2D eigenvalue weighted by Gasteiger charge is 2.36. The van der Waals surface area contributed by atoms with Crippen LogP contribution in [0.3, 0.4) is 0 Å². The first-order valence-corrected chi connectivity index (χ1v) is 10.2. The Balaban J connectivity index is 1.31. The molecule has 1 aromatic heterocycles. The van der Waals surface area contributed by atoms with Gasteiger partial charge in [-0.3, -0.25) is 24.1 Å². The Labute approximate surface area is 181 Å². The lowest BCUT2D eigenvalue weighted by molar-refractivity contribution is -0.147. The van der Waals surface area contributed by atoms with Crippen molar-refractivity contribution < 1.29 is 23.9 Å². The van der Waals surface area contributed by atoms with Crippen LogP contribution in [0.5, 0.6) is 0 Å². The van der Waals surface area contributed by atoms with Gasteiger partial charge in [-0.15, -0.1) is 11.3 Å². The quantitative estimate of drug-likeness (QED) is 0.471. The Bertz CT molecular complexity index is 1170. The Morgan fingerprint density at radius 3 is 2.42 bits per heavy atom. The molecule has 0 fully saturated rings. The minimum atomic E-state index is -0.851. The smallest absolute Gasteiger partial charge is 0.326 e. The van der Waals surface area contributed by atoms with E-state index < -0.39 is 36.8 Å². The van der Waals surface area contributed by atoms with E-state index in [-0.39, 0.29) is 11.1 Å². The first kappa shape index (κ1) is 20.4. The molecule has 0 spiro atoms. The first-order valence-electron chi connectivity index (χ1n) is 9.35. The van der Waals surface area contributed by atoms with E-state index in [4.69, 9.17) is 4.74 Å². The van der Waals surface area contributed by atoms with Crippen molar-refractivity contribution in [3.05, 3.63) is 70.0 Å². The SMILES string of the molecule is Cc1nc(-c2cccc(NC(=O)COC(=O)CN3C(=O)c4ccccc4C3=O)c2)cs1. The second-order valence-electron chi connectivity index (χ2n) is 6.78. The lowest BCUT2D eigenvalue weighted by atomic mass is 10.1. The molecule has 1 aliphatic rings. The van der Waals surface area contributed by atoms with E-state index in [9.17, 15) is 19.2 Å². The minimum absolute atomic E-state index is 0.244. The maximum absolute atomic E-state index is 12.3. The van der Waals surface area contributed by atoms with Gasteiger partial charge in [0.05, 0.1) is 21.8 Å². The molecule has 0 aliphatic carbocycles. The van der Waals surface area contributed by atoms with Crippen molar-refractivity contribution in [2.75, 3.05) is 18.5 Å². The van der Waals surface area contributed by atoms with E-state index in [2.05, 4.69) is 10.3 Å². The van der Waals surface area contributed by atoms with Gasteiger partial charge in [-0.05, 0) is 31.2 Å². The minimum Gasteiger partial charge on any atom is -0.454 e. The van der Waals surface area contributed by atoms with Crippen LogP contribution in [0.25, 0.3) is 11.3 Å². The van der Waals surface area contributed by atoms with Crippen LogP contribution in [-0.4, -0.2) is 46.7 Å². The normalized spacial score (nSPS) is 12.6. The number of aryl methyl sites for hydroxylation is 1. The summed E-state index contributed by atoms with van der Waals surface area (Å²) in [6, 6.07) is 13.5. The van der Waals surface area contributed by atoms with E-state index in [0.29, 0.717) is 5.69 Å². The number of anilines is 1. The molecule has 31 heavy (non-hydrogen) atoms. The molecular weight excluding hydrogens is 418 g/mol. The molecule has 0 bridgehead atoms. The van der Waals surface area contributed by atoms with Gasteiger partial charge in [-0.1, -0.05) is 24.3 Å². The summed E-state index contributed by atoms with van der Waals surface area (Å²) < 4.78 is 4.94. The molecule has 3 amide bonds. The molecule has 2 heterocycles. The molecule has 0 atom stereocenters. The van der Waals surface area contributed by atoms with E-state index in [1.54, 1.807) is 30.3 Å². The van der Waals surface area contributed by atoms with E-state index >= 15 is 0 Å². The third kappa shape index (κ3) is 4.36. The van der Waals surface area contributed by atoms with Gasteiger partial charge in [0, 0.05) is 16.6 Å². The molecule has 0 radical (unpaired) electrons. The highest BCUT2D eigenvalue weighted by atomic mass is 32.1. The summed E-state index contributed by atoms with van der Waals surface area (Å²) in [5, 5.41) is 5.52. The van der Waals surface area contributed by atoms with Crippen molar-refractivity contribution in [2.24, 2.45) is 0 Å². The average molecular weight is 435 g/mol. The molecular formula is C22H17N3O5S. The van der Waals surface area contributed by atoms with Gasteiger partial charge in [0.25, 0.3) is 17.7 Å². The van der Waals surface area contributed by atoms with Crippen LogP contribution < -0.4 is 5.32 Å². The number of hydrogen-bond donors (Lipinski definition) is 1. The summed E-state index contributed by atoms with van der Waals surface area (Å²) in [5.41, 5.74) is 2.68. The van der Waals surface area contributed by atoms with E-state index in [1.165, 1.54) is 23.5 Å². The van der Waals surface area contributed by atoms with Crippen molar-refractivity contribution in [3.63, 3.8) is 0 Å². The monoisotopic (exact) mass is 435 g/mol. The third-order valence-electron chi connectivity index (χ3n) is 4.59. The number of imide groups is 1. The van der Waals surface area contributed by atoms with E-state index in [0.717, 1.165) is 21.2 Å². The summed E-state index contributed by atoms with van der Waals surface area (Å²) in [5.74, 6) is -2.51. The van der Waals surface area contributed by atoms with Crippen molar-refractivity contribution in [2.45, 2.75) is 6.92 Å². The van der Waals surface area contributed by atoms with Crippen LogP contribution in [0.15, 0.2) is 53.9 Å². The molecule has 1 N–H and O–H groups in total. The Morgan fingerprint density at radius 1 is 1.06 bits per heavy atom. The fraction of sp³-hybridized carbons (Fsp3) is 0.136. The molecule has 9 heteroatoms. The summed E-state index contributed by atoms with van der Waals surface area (Å²) >= 11 is 1.53. The van der Waals surface area contributed by atoms with Crippen molar-refractivity contribution in [3.8, 4) is 11.3 Å². The molecule has 8 nitrogen and oxygen atoms in total. The van der Waals surface area contributed by atoms with Crippen LogP contribution in [0.1, 0.15) is 25.7 Å². The fourth-order valence-electron chi connectivity index (χ4n) is 3.15. The number of thiazole rings is 1. The summed E-state index contributed by atoms with van der Waals surface area (Å²) in [6.45, 7) is 0.816.